The molecule has 1 aromatic heterocycles. The highest BCUT2D eigenvalue weighted by Crippen LogP contribution is 2.61. The average molecular weight is 689 g/mol. The van der Waals surface area contributed by atoms with Gasteiger partial charge in [0.2, 0.25) is 0 Å². The molecule has 0 spiro atoms. The van der Waals surface area contributed by atoms with Gasteiger partial charge in [0.15, 0.2) is 0 Å². The molecule has 11 rings (SSSR count). The van der Waals surface area contributed by atoms with Crippen LogP contribution in [-0.4, -0.2) is 0 Å². The van der Waals surface area contributed by atoms with Gasteiger partial charge < -0.3 is 0 Å². The van der Waals surface area contributed by atoms with Gasteiger partial charge in [0, 0.05) is 15.6 Å². The molecule has 0 unspecified atom stereocenters. The van der Waals surface area contributed by atoms with E-state index in [0.29, 0.717) is 0 Å². The first kappa shape index (κ1) is 30.1. The van der Waals surface area contributed by atoms with Crippen LogP contribution in [-0.2, 0) is 0 Å². The summed E-state index contributed by atoms with van der Waals surface area (Å²) in [5.41, 5.74) is 17.8. The Bertz CT molecular complexity index is 2890. The molecule has 0 aliphatic heterocycles. The van der Waals surface area contributed by atoms with E-state index in [-0.39, 0.29) is 0 Å². The van der Waals surface area contributed by atoms with Gasteiger partial charge in [-0.05, 0) is 111 Å². The Kier molecular flexibility index (Phi) is 6.83. The standard InChI is InChI=1S/C52H32S/c1-5-16-33(17-6-1)45-46(34-18-7-2-8-19-34)48(36-22-11-4-12-23-36)51-43-29-28-39(44-32-37-24-13-14-25-38(37)41-30-31-53-52(41)44)40-26-15-27-42(49(40)43)50(51)47(45)35-20-9-3-10-21-35/h1-32H. The molecule has 0 N–H and O–H groups in total. The molecule has 0 bridgehead atoms. The molecule has 1 heteroatoms. The second kappa shape index (κ2) is 12.0. The molecule has 10 aromatic rings. The fourth-order valence-electron chi connectivity index (χ4n) is 8.94. The predicted molar refractivity (Wildman–Crippen MR) is 228 cm³/mol. The van der Waals surface area contributed by atoms with Crippen LogP contribution >= 0.6 is 11.3 Å². The third-order valence-corrected chi connectivity index (χ3v) is 12.0. The second-order valence-corrected chi connectivity index (χ2v) is 14.8. The molecule has 0 nitrogen and oxygen atoms in total. The van der Waals surface area contributed by atoms with Crippen molar-refractivity contribution in [3.05, 3.63) is 193 Å². The molecule has 53 heavy (non-hydrogen) atoms. The zero-order chi connectivity index (χ0) is 34.9. The van der Waals surface area contributed by atoms with E-state index in [9.17, 15) is 0 Å². The highest BCUT2D eigenvalue weighted by Gasteiger charge is 2.34. The molecule has 0 atom stereocenters. The van der Waals surface area contributed by atoms with Crippen molar-refractivity contribution in [2.45, 2.75) is 0 Å². The van der Waals surface area contributed by atoms with E-state index < -0.39 is 0 Å². The van der Waals surface area contributed by atoms with E-state index in [4.69, 9.17) is 0 Å². The number of hydrogen-bond donors (Lipinski definition) is 0. The van der Waals surface area contributed by atoms with Crippen LogP contribution in [0, 0.1) is 0 Å². The Balaban J connectivity index is 1.34. The van der Waals surface area contributed by atoms with E-state index in [0.717, 1.165) is 0 Å². The third-order valence-electron chi connectivity index (χ3n) is 11.1. The zero-order valence-corrected chi connectivity index (χ0v) is 29.7. The normalized spacial score (nSPS) is 11.8. The van der Waals surface area contributed by atoms with Crippen molar-refractivity contribution < 1.29 is 0 Å². The molecule has 1 aliphatic rings. The molecule has 246 valence electrons. The van der Waals surface area contributed by atoms with Crippen molar-refractivity contribution in [1.82, 2.24) is 0 Å². The minimum Gasteiger partial charge on any atom is -0.143 e. The van der Waals surface area contributed by atoms with Crippen molar-refractivity contribution in [3.8, 4) is 77.9 Å². The quantitative estimate of drug-likeness (QED) is 0.169. The van der Waals surface area contributed by atoms with E-state index >= 15 is 0 Å². The first-order valence-electron chi connectivity index (χ1n) is 18.3. The van der Waals surface area contributed by atoms with Gasteiger partial charge in [0.05, 0.1) is 0 Å². The molecule has 0 amide bonds. The van der Waals surface area contributed by atoms with E-state index in [2.05, 4.69) is 193 Å². The first-order valence-corrected chi connectivity index (χ1v) is 19.1. The summed E-state index contributed by atoms with van der Waals surface area (Å²) in [5.74, 6) is 0. The monoisotopic (exact) mass is 688 g/mol. The number of rotatable bonds is 5. The maximum absolute atomic E-state index is 2.42. The summed E-state index contributed by atoms with van der Waals surface area (Å²) in [7, 11) is 0. The fraction of sp³-hybridized carbons (Fsp3) is 0. The lowest BCUT2D eigenvalue weighted by atomic mass is 9.76. The Morgan fingerprint density at radius 3 is 1.30 bits per heavy atom. The maximum Gasteiger partial charge on any atom is 0.0427 e. The molecule has 1 aliphatic carbocycles. The lowest BCUT2D eigenvalue weighted by Gasteiger charge is -2.26. The molecule has 9 aromatic carbocycles. The molecular formula is C52H32S. The number of benzene rings is 9. The highest BCUT2D eigenvalue weighted by atomic mass is 32.1. The van der Waals surface area contributed by atoms with Crippen molar-refractivity contribution in [2.75, 3.05) is 0 Å². The molecule has 1 heterocycles. The van der Waals surface area contributed by atoms with Crippen LogP contribution in [0.5, 0.6) is 0 Å². The summed E-state index contributed by atoms with van der Waals surface area (Å²) in [6.07, 6.45) is 0. The highest BCUT2D eigenvalue weighted by molar-refractivity contribution is 7.18. The number of thiophene rings is 1. The van der Waals surface area contributed by atoms with Crippen molar-refractivity contribution in [2.24, 2.45) is 0 Å². The Morgan fingerprint density at radius 2 is 0.736 bits per heavy atom. The van der Waals surface area contributed by atoms with Crippen LogP contribution < -0.4 is 0 Å². The van der Waals surface area contributed by atoms with E-state index in [1.807, 2.05) is 11.3 Å². The van der Waals surface area contributed by atoms with Crippen LogP contribution in [0.15, 0.2) is 193 Å². The molecular weight excluding hydrogens is 657 g/mol. The van der Waals surface area contributed by atoms with Crippen LogP contribution in [0.1, 0.15) is 0 Å². The maximum atomic E-state index is 2.42. The first-order chi connectivity index (χ1) is 26.3. The van der Waals surface area contributed by atoms with Crippen LogP contribution in [0.25, 0.3) is 110 Å². The summed E-state index contributed by atoms with van der Waals surface area (Å²) >= 11 is 1.84. The molecule has 0 radical (unpaired) electrons. The van der Waals surface area contributed by atoms with Crippen molar-refractivity contribution in [3.63, 3.8) is 0 Å². The van der Waals surface area contributed by atoms with Gasteiger partial charge >= 0.3 is 0 Å². The van der Waals surface area contributed by atoms with Crippen molar-refractivity contribution in [1.29, 1.82) is 0 Å². The molecule has 0 saturated carbocycles. The zero-order valence-electron chi connectivity index (χ0n) is 28.9. The van der Waals surface area contributed by atoms with Gasteiger partial charge in [-0.15, -0.1) is 11.3 Å². The van der Waals surface area contributed by atoms with Crippen LogP contribution in [0.4, 0.5) is 0 Å². The van der Waals surface area contributed by atoms with Gasteiger partial charge in [-0.25, -0.2) is 0 Å². The SMILES string of the molecule is c1ccc(-c2c(-c3ccccc3)c(-c3ccccc3)c3c(c2-c2ccccc2)-c2cccc4c(-c5cc6ccccc6c6ccsc56)ccc-3c24)cc1. The largest absolute Gasteiger partial charge is 0.143 e. The summed E-state index contributed by atoms with van der Waals surface area (Å²) < 4.78 is 1.34. The van der Waals surface area contributed by atoms with Gasteiger partial charge in [-0.1, -0.05) is 176 Å². The average Bonchev–Trinajstić information content (AvgIpc) is 3.86. The minimum absolute atomic E-state index is 1.21. The Hall–Kier alpha value is -6.54. The van der Waals surface area contributed by atoms with Crippen LogP contribution in [0.3, 0.4) is 0 Å². The second-order valence-electron chi connectivity index (χ2n) is 13.9. The topological polar surface area (TPSA) is 0 Å². The fourth-order valence-corrected chi connectivity index (χ4v) is 9.88. The van der Waals surface area contributed by atoms with Gasteiger partial charge in [-0.2, -0.15) is 0 Å². The smallest absolute Gasteiger partial charge is 0.0427 e. The lowest BCUT2D eigenvalue weighted by Crippen LogP contribution is -1.99. The minimum atomic E-state index is 1.21. The van der Waals surface area contributed by atoms with Gasteiger partial charge in [-0.3, -0.25) is 0 Å². The number of fused-ring (bicyclic) bond motifs is 6. The summed E-state index contributed by atoms with van der Waals surface area (Å²) in [6.45, 7) is 0. The Morgan fingerprint density at radius 1 is 0.283 bits per heavy atom. The van der Waals surface area contributed by atoms with Gasteiger partial charge in [0.1, 0.15) is 0 Å². The van der Waals surface area contributed by atoms with Gasteiger partial charge in [0.25, 0.3) is 0 Å². The Labute approximate surface area is 312 Å². The third kappa shape index (κ3) is 4.54. The molecule has 0 fully saturated rings. The van der Waals surface area contributed by atoms with E-state index in [1.165, 1.54) is 110 Å². The van der Waals surface area contributed by atoms with Crippen LogP contribution in [0.2, 0.25) is 0 Å². The predicted octanol–water partition coefficient (Wildman–Crippen LogP) is 15.2. The van der Waals surface area contributed by atoms with E-state index in [1.54, 1.807) is 0 Å². The summed E-state index contributed by atoms with van der Waals surface area (Å²) in [4.78, 5) is 0. The summed E-state index contributed by atoms with van der Waals surface area (Å²) in [5, 5.41) is 8.78. The molecule has 0 saturated heterocycles. The number of hydrogen-bond acceptors (Lipinski definition) is 1. The summed E-state index contributed by atoms with van der Waals surface area (Å²) in [6, 6.07) is 69.4. The van der Waals surface area contributed by atoms with Crippen molar-refractivity contribution >= 4 is 43.0 Å². The lowest BCUT2D eigenvalue weighted by molar-refractivity contribution is 1.54.